The molecule has 3 aliphatic rings. The van der Waals surface area contributed by atoms with E-state index < -0.39 is 5.60 Å². The van der Waals surface area contributed by atoms with Crippen molar-refractivity contribution in [3.63, 3.8) is 0 Å². The number of piperidine rings is 3. The molecule has 0 radical (unpaired) electrons. The van der Waals surface area contributed by atoms with Crippen molar-refractivity contribution in [3.8, 4) is 5.75 Å². The fourth-order valence-corrected chi connectivity index (χ4v) is 5.80. The van der Waals surface area contributed by atoms with Crippen LogP contribution in [0.1, 0.15) is 35.7 Å². The van der Waals surface area contributed by atoms with Gasteiger partial charge in [-0.2, -0.15) is 4.98 Å². The van der Waals surface area contributed by atoms with E-state index >= 15 is 0 Å². The molecule has 3 saturated heterocycles. The van der Waals surface area contributed by atoms with Crippen LogP contribution in [0.2, 0.25) is 0 Å². The first-order valence-corrected chi connectivity index (χ1v) is 12.5. The van der Waals surface area contributed by atoms with E-state index in [1.165, 1.54) is 12.1 Å². The zero-order valence-electron chi connectivity index (χ0n) is 20.0. The van der Waals surface area contributed by atoms with E-state index in [1.807, 2.05) is 60.7 Å². The van der Waals surface area contributed by atoms with Gasteiger partial charge in [0.05, 0.1) is 13.1 Å². The van der Waals surface area contributed by atoms with Crippen molar-refractivity contribution in [3.05, 3.63) is 114 Å². The van der Waals surface area contributed by atoms with Crippen LogP contribution in [0.3, 0.4) is 0 Å². The maximum atomic E-state index is 13.3. The normalized spacial score (nSPS) is 23.5. The first-order valence-electron chi connectivity index (χ1n) is 12.5. The van der Waals surface area contributed by atoms with Gasteiger partial charge in [0.15, 0.2) is 11.7 Å². The van der Waals surface area contributed by atoms with Gasteiger partial charge in [-0.3, -0.25) is 0 Å². The van der Waals surface area contributed by atoms with E-state index in [0.717, 1.165) is 37.0 Å². The Labute approximate surface area is 209 Å². The summed E-state index contributed by atoms with van der Waals surface area (Å²) in [5.41, 5.74) is -0.202. The summed E-state index contributed by atoms with van der Waals surface area (Å²) in [5.74, 6) is 1.68. The van der Waals surface area contributed by atoms with Crippen molar-refractivity contribution in [2.24, 2.45) is 5.92 Å². The Balaban J connectivity index is 1.26. The van der Waals surface area contributed by atoms with Crippen molar-refractivity contribution in [1.82, 2.24) is 10.1 Å². The topological polar surface area (TPSA) is 68.4 Å². The van der Waals surface area contributed by atoms with Gasteiger partial charge in [0.1, 0.15) is 24.7 Å². The average molecular weight is 487 g/mol. The molecule has 7 rings (SSSR count). The number of nitrogens with zero attached hydrogens (tertiary/aromatic N) is 3. The predicted molar refractivity (Wildman–Crippen MR) is 131 cm³/mol. The molecular formula is C29H29FN3O3+. The number of aromatic nitrogens is 2. The first kappa shape index (κ1) is 22.9. The van der Waals surface area contributed by atoms with E-state index in [1.54, 1.807) is 12.1 Å². The minimum absolute atomic E-state index is 0.0647. The van der Waals surface area contributed by atoms with Crippen LogP contribution < -0.4 is 4.74 Å². The quantitative estimate of drug-likeness (QED) is 0.384. The molecule has 4 heterocycles. The van der Waals surface area contributed by atoms with Crippen molar-refractivity contribution < 1.29 is 23.2 Å². The van der Waals surface area contributed by atoms with E-state index in [-0.39, 0.29) is 17.8 Å². The maximum absolute atomic E-state index is 13.3. The molecule has 184 valence electrons. The smallest absolute Gasteiger partial charge is 0.268 e. The second kappa shape index (κ2) is 9.15. The number of quaternary nitrogens is 1. The Morgan fingerprint density at radius 2 is 1.53 bits per heavy atom. The van der Waals surface area contributed by atoms with Crippen LogP contribution in [-0.2, 0) is 12.1 Å². The Bertz CT molecular complexity index is 1260. The van der Waals surface area contributed by atoms with Crippen molar-refractivity contribution in [2.75, 3.05) is 19.6 Å². The minimum atomic E-state index is -1.54. The molecule has 4 aromatic rings. The summed E-state index contributed by atoms with van der Waals surface area (Å²) in [6, 6.07) is 25.1. The molecule has 0 saturated carbocycles. The SMILES string of the molecule is OC(c1ccccc1)(c1ccccc1)c1nc(C[N+]23CCC(CC2)[C@@H](Oc2ccc(F)cc2)C3)no1. The second-order valence-electron chi connectivity index (χ2n) is 10.0. The fraction of sp³-hybridized carbons (Fsp3) is 0.310. The van der Waals surface area contributed by atoms with Gasteiger partial charge >= 0.3 is 0 Å². The highest BCUT2D eigenvalue weighted by Gasteiger charge is 2.48. The number of fused-ring (bicyclic) bond motifs is 3. The lowest BCUT2D eigenvalue weighted by Crippen LogP contribution is -2.64. The minimum Gasteiger partial charge on any atom is -0.484 e. The van der Waals surface area contributed by atoms with Crippen molar-refractivity contribution >= 4 is 0 Å². The third-order valence-corrected chi connectivity index (χ3v) is 7.78. The van der Waals surface area contributed by atoms with E-state index in [4.69, 9.17) is 14.2 Å². The molecule has 3 aliphatic heterocycles. The van der Waals surface area contributed by atoms with Gasteiger partial charge in [-0.1, -0.05) is 65.8 Å². The van der Waals surface area contributed by atoms with Crippen LogP contribution in [-0.4, -0.2) is 45.5 Å². The number of halogens is 1. The number of aliphatic hydroxyl groups is 1. The Kier molecular flexibility index (Phi) is 5.82. The summed E-state index contributed by atoms with van der Waals surface area (Å²) in [6.45, 7) is 3.51. The summed E-state index contributed by atoms with van der Waals surface area (Å²) >= 11 is 0. The van der Waals surface area contributed by atoms with E-state index in [2.05, 4.69) is 5.16 Å². The lowest BCUT2D eigenvalue weighted by atomic mass is 9.83. The molecular weight excluding hydrogens is 457 g/mol. The lowest BCUT2D eigenvalue weighted by molar-refractivity contribution is -0.958. The standard InChI is InChI=1S/C29H29FN3O3/c30-24-11-13-25(14-12-24)35-26-19-33(17-15-21(26)16-18-33)20-27-31-28(36-32-27)29(34,22-7-3-1-4-8-22)23-9-5-2-6-10-23/h1-14,21,26,34H,15-20H2/q+1/t21?,26-,33?/m0/s1. The molecule has 3 aromatic carbocycles. The molecule has 3 fully saturated rings. The van der Waals surface area contributed by atoms with Crippen LogP contribution in [0.25, 0.3) is 0 Å². The molecule has 1 aromatic heterocycles. The molecule has 1 atom stereocenters. The van der Waals surface area contributed by atoms with Crippen LogP contribution in [0.5, 0.6) is 5.75 Å². The van der Waals surface area contributed by atoms with Gasteiger partial charge in [-0.25, -0.2) is 4.39 Å². The highest BCUT2D eigenvalue weighted by molar-refractivity contribution is 5.41. The van der Waals surface area contributed by atoms with Crippen LogP contribution in [0.4, 0.5) is 4.39 Å². The Hall–Kier alpha value is -3.55. The monoisotopic (exact) mass is 486 g/mol. The average Bonchev–Trinajstić information content (AvgIpc) is 3.39. The third-order valence-electron chi connectivity index (χ3n) is 7.78. The van der Waals surface area contributed by atoms with Gasteiger partial charge in [0, 0.05) is 18.8 Å². The molecule has 36 heavy (non-hydrogen) atoms. The first-order chi connectivity index (χ1) is 17.5. The van der Waals surface area contributed by atoms with Gasteiger partial charge in [-0.05, 0) is 35.4 Å². The number of hydrogen-bond donors (Lipinski definition) is 1. The Morgan fingerprint density at radius 1 is 0.917 bits per heavy atom. The van der Waals surface area contributed by atoms with E-state index in [9.17, 15) is 9.50 Å². The predicted octanol–water partition coefficient (Wildman–Crippen LogP) is 4.68. The maximum Gasteiger partial charge on any atom is 0.268 e. The van der Waals surface area contributed by atoms with Crippen LogP contribution in [0.15, 0.2) is 89.5 Å². The zero-order valence-corrected chi connectivity index (χ0v) is 20.0. The van der Waals surface area contributed by atoms with Gasteiger partial charge in [0.2, 0.25) is 5.82 Å². The highest BCUT2D eigenvalue weighted by Crippen LogP contribution is 2.39. The number of benzene rings is 3. The second-order valence-corrected chi connectivity index (χ2v) is 10.0. The largest absolute Gasteiger partial charge is 0.484 e. The number of hydrogen-bond acceptors (Lipinski definition) is 5. The summed E-state index contributed by atoms with van der Waals surface area (Å²) in [6.07, 6.45) is 2.19. The zero-order chi connectivity index (χ0) is 24.6. The molecule has 0 spiro atoms. The summed E-state index contributed by atoms with van der Waals surface area (Å²) in [7, 11) is 0. The van der Waals surface area contributed by atoms with Crippen LogP contribution >= 0.6 is 0 Å². The lowest BCUT2D eigenvalue weighted by Gasteiger charge is -2.51. The molecule has 7 heteroatoms. The molecule has 2 bridgehead atoms. The van der Waals surface area contributed by atoms with Gasteiger partial charge in [-0.15, -0.1) is 0 Å². The van der Waals surface area contributed by atoms with Gasteiger partial charge in [0.25, 0.3) is 5.89 Å². The van der Waals surface area contributed by atoms with Crippen LogP contribution in [0, 0.1) is 11.7 Å². The molecule has 0 aliphatic carbocycles. The van der Waals surface area contributed by atoms with Gasteiger partial charge < -0.3 is 18.8 Å². The van der Waals surface area contributed by atoms with Crippen molar-refractivity contribution in [1.29, 1.82) is 0 Å². The highest BCUT2D eigenvalue weighted by atomic mass is 19.1. The summed E-state index contributed by atoms with van der Waals surface area (Å²) in [5, 5.41) is 16.3. The summed E-state index contributed by atoms with van der Waals surface area (Å²) in [4.78, 5) is 4.73. The van der Waals surface area contributed by atoms with Crippen molar-refractivity contribution in [2.45, 2.75) is 31.1 Å². The third kappa shape index (κ3) is 4.18. The fourth-order valence-electron chi connectivity index (χ4n) is 5.80. The number of ether oxygens (including phenoxy) is 1. The molecule has 6 nitrogen and oxygen atoms in total. The molecule has 0 unspecified atom stereocenters. The molecule has 1 N–H and O–H groups in total. The Morgan fingerprint density at radius 3 is 2.14 bits per heavy atom. The van der Waals surface area contributed by atoms with E-state index in [0.29, 0.717) is 35.2 Å². The summed E-state index contributed by atoms with van der Waals surface area (Å²) < 4.78 is 26.2. The molecule has 0 amide bonds. The number of rotatable bonds is 7.